The number of nitrogens with one attached hydrogen (secondary N) is 1. The van der Waals surface area contributed by atoms with Gasteiger partial charge >= 0.3 is 0 Å². The molecule has 1 saturated heterocycles. The number of benzene rings is 2. The van der Waals surface area contributed by atoms with Crippen LogP contribution in [0.4, 0.5) is 0 Å². The van der Waals surface area contributed by atoms with E-state index in [0.29, 0.717) is 36.0 Å². The topological polar surface area (TPSA) is 60.0 Å². The molecule has 2 atom stereocenters. The van der Waals surface area contributed by atoms with Crippen molar-refractivity contribution in [2.75, 3.05) is 41.0 Å². The number of morpholine rings is 1. The minimum atomic E-state index is -0.239. The van der Waals surface area contributed by atoms with Gasteiger partial charge in [-0.05, 0) is 48.9 Å². The first-order valence-electron chi connectivity index (χ1n) is 10.1. The van der Waals surface area contributed by atoms with Crippen molar-refractivity contribution in [1.82, 2.24) is 10.2 Å². The van der Waals surface area contributed by atoms with Gasteiger partial charge in [0, 0.05) is 30.6 Å². The van der Waals surface area contributed by atoms with Crippen LogP contribution in [-0.4, -0.2) is 57.9 Å². The van der Waals surface area contributed by atoms with Crippen LogP contribution in [0, 0.1) is 0 Å². The second-order valence-corrected chi connectivity index (χ2v) is 7.93. The molecule has 0 radical (unpaired) electrons. The summed E-state index contributed by atoms with van der Waals surface area (Å²) >= 11 is 6.05. The van der Waals surface area contributed by atoms with Crippen LogP contribution in [0.3, 0.4) is 0 Å². The summed E-state index contributed by atoms with van der Waals surface area (Å²) in [6, 6.07) is 13.0. The van der Waals surface area contributed by atoms with Crippen molar-refractivity contribution in [2.45, 2.75) is 25.0 Å². The SMILES string of the molecule is COc1cc(CCC(=O)NC(c2ccc(Cl)cc2)C2CN(C)CCO2)cc(OC)c1. The summed E-state index contributed by atoms with van der Waals surface area (Å²) in [4.78, 5) is 15.0. The molecule has 2 aromatic rings. The Hall–Kier alpha value is -2.28. The number of ether oxygens (including phenoxy) is 3. The number of likely N-dealkylation sites (N-methyl/N-ethyl adjacent to an activating group) is 1. The number of hydrogen-bond donors (Lipinski definition) is 1. The Morgan fingerprint density at radius 2 is 1.87 bits per heavy atom. The van der Waals surface area contributed by atoms with Crippen molar-refractivity contribution in [1.29, 1.82) is 0 Å². The molecular weight excluding hydrogens is 404 g/mol. The van der Waals surface area contributed by atoms with Gasteiger partial charge in [0.25, 0.3) is 0 Å². The molecule has 30 heavy (non-hydrogen) atoms. The highest BCUT2D eigenvalue weighted by Crippen LogP contribution is 2.25. The maximum Gasteiger partial charge on any atom is 0.220 e. The van der Waals surface area contributed by atoms with E-state index in [1.54, 1.807) is 14.2 Å². The molecule has 1 aliphatic heterocycles. The number of carbonyl (C=O) groups is 1. The van der Waals surface area contributed by atoms with Crippen LogP contribution in [0.2, 0.25) is 5.02 Å². The molecule has 6 nitrogen and oxygen atoms in total. The fourth-order valence-electron chi connectivity index (χ4n) is 3.59. The van der Waals surface area contributed by atoms with E-state index < -0.39 is 0 Å². The van der Waals surface area contributed by atoms with E-state index >= 15 is 0 Å². The molecule has 3 rings (SSSR count). The molecule has 2 unspecified atom stereocenters. The molecular formula is C23H29ClN2O4. The summed E-state index contributed by atoms with van der Waals surface area (Å²) < 4.78 is 16.6. The normalized spacial score (nSPS) is 17.9. The van der Waals surface area contributed by atoms with Gasteiger partial charge in [0.2, 0.25) is 5.91 Å². The molecule has 1 amide bonds. The molecule has 1 N–H and O–H groups in total. The number of carbonyl (C=O) groups excluding carboxylic acids is 1. The summed E-state index contributed by atoms with van der Waals surface area (Å²) in [5.74, 6) is 1.39. The smallest absolute Gasteiger partial charge is 0.220 e. The number of hydrogen-bond acceptors (Lipinski definition) is 5. The lowest BCUT2D eigenvalue weighted by molar-refractivity contribution is -0.124. The largest absolute Gasteiger partial charge is 0.497 e. The molecule has 1 fully saturated rings. The molecule has 0 aliphatic carbocycles. The quantitative estimate of drug-likeness (QED) is 0.692. The van der Waals surface area contributed by atoms with Crippen molar-refractivity contribution in [3.05, 3.63) is 58.6 Å². The van der Waals surface area contributed by atoms with Gasteiger partial charge in [-0.1, -0.05) is 23.7 Å². The summed E-state index contributed by atoms with van der Waals surface area (Å²) in [6.07, 6.45) is 0.812. The highest BCUT2D eigenvalue weighted by atomic mass is 35.5. The van der Waals surface area contributed by atoms with Crippen LogP contribution in [0.1, 0.15) is 23.6 Å². The second-order valence-electron chi connectivity index (χ2n) is 7.49. The molecule has 1 aliphatic rings. The predicted octanol–water partition coefficient (Wildman–Crippen LogP) is 3.48. The van der Waals surface area contributed by atoms with Crippen LogP contribution >= 0.6 is 11.6 Å². The molecule has 2 aromatic carbocycles. The fourth-order valence-corrected chi connectivity index (χ4v) is 3.71. The van der Waals surface area contributed by atoms with Crippen molar-refractivity contribution in [3.63, 3.8) is 0 Å². The fraction of sp³-hybridized carbons (Fsp3) is 0.435. The van der Waals surface area contributed by atoms with Crippen LogP contribution in [-0.2, 0) is 16.0 Å². The second kappa shape index (κ2) is 10.7. The van der Waals surface area contributed by atoms with Crippen molar-refractivity contribution < 1.29 is 19.0 Å². The average Bonchev–Trinajstić information content (AvgIpc) is 2.76. The molecule has 0 saturated carbocycles. The van der Waals surface area contributed by atoms with Crippen molar-refractivity contribution in [2.24, 2.45) is 0 Å². The van der Waals surface area contributed by atoms with Crippen LogP contribution in [0.15, 0.2) is 42.5 Å². The molecule has 0 aromatic heterocycles. The van der Waals surface area contributed by atoms with Gasteiger partial charge in [0.1, 0.15) is 11.5 Å². The van der Waals surface area contributed by atoms with Gasteiger partial charge in [-0.3, -0.25) is 4.79 Å². The maximum absolute atomic E-state index is 12.8. The molecule has 7 heteroatoms. The van der Waals surface area contributed by atoms with E-state index in [-0.39, 0.29) is 18.1 Å². The Balaban J connectivity index is 1.69. The van der Waals surface area contributed by atoms with E-state index in [1.165, 1.54) is 0 Å². The van der Waals surface area contributed by atoms with Crippen LogP contribution in [0.25, 0.3) is 0 Å². The lowest BCUT2D eigenvalue weighted by Gasteiger charge is -2.35. The van der Waals surface area contributed by atoms with Gasteiger partial charge < -0.3 is 24.4 Å². The first kappa shape index (κ1) is 22.4. The van der Waals surface area contributed by atoms with E-state index in [4.69, 9.17) is 25.8 Å². The third kappa shape index (κ3) is 6.11. The molecule has 0 bridgehead atoms. The average molecular weight is 433 g/mol. The summed E-state index contributed by atoms with van der Waals surface area (Å²) in [6.45, 7) is 2.28. The third-order valence-corrected chi connectivity index (χ3v) is 5.52. The van der Waals surface area contributed by atoms with Crippen LogP contribution < -0.4 is 14.8 Å². The van der Waals surface area contributed by atoms with Gasteiger partial charge in [-0.2, -0.15) is 0 Å². The Bertz CT molecular complexity index is 821. The summed E-state index contributed by atoms with van der Waals surface area (Å²) in [7, 11) is 5.29. The van der Waals surface area contributed by atoms with Crippen LogP contribution in [0.5, 0.6) is 11.5 Å². The number of methoxy groups -OCH3 is 2. The van der Waals surface area contributed by atoms with E-state index in [0.717, 1.165) is 24.2 Å². The zero-order valence-corrected chi connectivity index (χ0v) is 18.4. The minimum absolute atomic E-state index is 0.0337. The number of halogens is 1. The first-order valence-corrected chi connectivity index (χ1v) is 10.4. The lowest BCUT2D eigenvalue weighted by Crippen LogP contribution is -2.48. The molecule has 0 spiro atoms. The van der Waals surface area contributed by atoms with Gasteiger partial charge in [0.05, 0.1) is 33.0 Å². The molecule has 162 valence electrons. The Morgan fingerprint density at radius 3 is 2.47 bits per heavy atom. The maximum atomic E-state index is 12.8. The van der Waals surface area contributed by atoms with Gasteiger partial charge in [-0.15, -0.1) is 0 Å². The number of nitrogens with zero attached hydrogens (tertiary/aromatic N) is 1. The number of aryl methyl sites for hydroxylation is 1. The van der Waals surface area contributed by atoms with Crippen molar-refractivity contribution in [3.8, 4) is 11.5 Å². The zero-order chi connectivity index (χ0) is 21.5. The predicted molar refractivity (Wildman–Crippen MR) is 117 cm³/mol. The van der Waals surface area contributed by atoms with Gasteiger partial charge in [0.15, 0.2) is 0 Å². The van der Waals surface area contributed by atoms with Gasteiger partial charge in [-0.25, -0.2) is 0 Å². The highest BCUT2D eigenvalue weighted by molar-refractivity contribution is 6.30. The lowest BCUT2D eigenvalue weighted by atomic mass is 9.99. The zero-order valence-electron chi connectivity index (χ0n) is 17.7. The monoisotopic (exact) mass is 432 g/mol. The first-order chi connectivity index (χ1) is 14.5. The number of rotatable bonds is 8. The third-order valence-electron chi connectivity index (χ3n) is 5.27. The standard InChI is InChI=1S/C23H29ClN2O4/c1-26-10-11-30-21(15-26)23(17-5-7-18(24)8-6-17)25-22(27)9-4-16-12-19(28-2)14-20(13-16)29-3/h5-8,12-14,21,23H,4,9-11,15H2,1-3H3,(H,25,27). The minimum Gasteiger partial charge on any atom is -0.497 e. The Kier molecular flexibility index (Phi) is 7.96. The molecule has 1 heterocycles. The highest BCUT2D eigenvalue weighted by Gasteiger charge is 2.29. The Morgan fingerprint density at radius 1 is 1.20 bits per heavy atom. The van der Waals surface area contributed by atoms with E-state index in [1.807, 2.05) is 42.5 Å². The Labute approximate surface area is 183 Å². The summed E-state index contributed by atoms with van der Waals surface area (Å²) in [5.41, 5.74) is 1.97. The van der Waals surface area contributed by atoms with Crippen molar-refractivity contribution >= 4 is 17.5 Å². The summed E-state index contributed by atoms with van der Waals surface area (Å²) in [5, 5.41) is 3.84. The number of amides is 1. The van der Waals surface area contributed by atoms with E-state index in [2.05, 4.69) is 17.3 Å². The van der Waals surface area contributed by atoms with E-state index in [9.17, 15) is 4.79 Å².